The summed E-state index contributed by atoms with van der Waals surface area (Å²) in [4.78, 5) is 15.8. The number of aliphatic imine (C=N–C) groups is 1. The maximum absolute atomic E-state index is 11.8. The standard InChI is InChI=1S/C14H21BrN4O/c1-4-10(3)18-14(16)17-8-13(20)19-12-7-11(15)6-5-9(12)2/h5-7,10H,4,8H2,1-3H3,(H,19,20)(H3,16,17,18). The van der Waals surface area contributed by atoms with Gasteiger partial charge in [-0.2, -0.15) is 0 Å². The molecule has 6 heteroatoms. The molecule has 0 aromatic heterocycles. The molecule has 0 heterocycles. The number of anilines is 1. The van der Waals surface area contributed by atoms with Crippen molar-refractivity contribution in [3.8, 4) is 0 Å². The fraction of sp³-hybridized carbons (Fsp3) is 0.429. The number of halogens is 1. The molecule has 20 heavy (non-hydrogen) atoms. The molecular weight excluding hydrogens is 320 g/mol. The Morgan fingerprint density at radius 3 is 2.85 bits per heavy atom. The quantitative estimate of drug-likeness (QED) is 0.568. The zero-order chi connectivity index (χ0) is 15.1. The van der Waals surface area contributed by atoms with E-state index >= 15 is 0 Å². The lowest BCUT2D eigenvalue weighted by Crippen LogP contribution is -2.38. The highest BCUT2D eigenvalue weighted by Crippen LogP contribution is 2.20. The number of nitrogens with one attached hydrogen (secondary N) is 2. The van der Waals surface area contributed by atoms with Crippen molar-refractivity contribution >= 4 is 33.5 Å². The molecule has 0 bridgehead atoms. The van der Waals surface area contributed by atoms with E-state index in [0.29, 0.717) is 5.96 Å². The summed E-state index contributed by atoms with van der Waals surface area (Å²) in [5.74, 6) is 0.0977. The molecule has 1 rings (SSSR count). The van der Waals surface area contributed by atoms with E-state index in [9.17, 15) is 4.79 Å². The van der Waals surface area contributed by atoms with Gasteiger partial charge in [-0.25, -0.2) is 4.99 Å². The lowest BCUT2D eigenvalue weighted by atomic mass is 10.2. The van der Waals surface area contributed by atoms with Crippen molar-refractivity contribution in [2.75, 3.05) is 11.9 Å². The minimum absolute atomic E-state index is 0.00121. The molecule has 0 fully saturated rings. The summed E-state index contributed by atoms with van der Waals surface area (Å²) in [6, 6.07) is 5.96. The number of nitrogens with two attached hydrogens (primary N) is 1. The first kappa shape index (κ1) is 16.5. The summed E-state index contributed by atoms with van der Waals surface area (Å²) >= 11 is 3.37. The van der Waals surface area contributed by atoms with Gasteiger partial charge in [0, 0.05) is 16.2 Å². The lowest BCUT2D eigenvalue weighted by molar-refractivity contribution is -0.114. The van der Waals surface area contributed by atoms with Gasteiger partial charge in [-0.3, -0.25) is 4.79 Å². The van der Waals surface area contributed by atoms with Gasteiger partial charge in [-0.15, -0.1) is 0 Å². The van der Waals surface area contributed by atoms with Crippen molar-refractivity contribution in [3.63, 3.8) is 0 Å². The van der Waals surface area contributed by atoms with Crippen LogP contribution >= 0.6 is 15.9 Å². The first-order valence-electron chi connectivity index (χ1n) is 6.54. The minimum atomic E-state index is -0.194. The molecule has 0 aliphatic carbocycles. The second-order valence-electron chi connectivity index (χ2n) is 4.66. The summed E-state index contributed by atoms with van der Waals surface area (Å²) in [7, 11) is 0. The predicted molar refractivity (Wildman–Crippen MR) is 86.9 cm³/mol. The highest BCUT2D eigenvalue weighted by molar-refractivity contribution is 9.10. The van der Waals surface area contributed by atoms with Crippen molar-refractivity contribution in [2.45, 2.75) is 33.2 Å². The molecule has 0 radical (unpaired) electrons. The SMILES string of the molecule is CCC(C)NC(N)=NCC(=O)Nc1cc(Br)ccc1C. The van der Waals surface area contributed by atoms with Crippen LogP contribution in [0.3, 0.4) is 0 Å². The first-order chi connectivity index (χ1) is 9.42. The largest absolute Gasteiger partial charge is 0.370 e. The number of carbonyl (C=O) groups is 1. The number of guanidine groups is 1. The van der Waals surface area contributed by atoms with E-state index in [-0.39, 0.29) is 18.5 Å². The van der Waals surface area contributed by atoms with Crippen LogP contribution in [0.5, 0.6) is 0 Å². The van der Waals surface area contributed by atoms with Crippen molar-refractivity contribution < 1.29 is 4.79 Å². The zero-order valence-corrected chi connectivity index (χ0v) is 13.6. The van der Waals surface area contributed by atoms with Crippen LogP contribution in [-0.4, -0.2) is 24.5 Å². The molecule has 0 saturated carbocycles. The molecule has 0 aliphatic heterocycles. The highest BCUT2D eigenvalue weighted by Gasteiger charge is 2.05. The molecule has 5 nitrogen and oxygen atoms in total. The molecule has 0 saturated heterocycles. The Morgan fingerprint density at radius 2 is 2.20 bits per heavy atom. The lowest BCUT2D eigenvalue weighted by Gasteiger charge is -2.12. The van der Waals surface area contributed by atoms with E-state index in [2.05, 4.69) is 31.6 Å². The average Bonchev–Trinajstić information content (AvgIpc) is 2.40. The van der Waals surface area contributed by atoms with Gasteiger partial charge in [-0.05, 0) is 38.0 Å². The molecule has 0 spiro atoms. The Balaban J connectivity index is 2.55. The molecule has 4 N–H and O–H groups in total. The van der Waals surface area contributed by atoms with Crippen LogP contribution in [0.1, 0.15) is 25.8 Å². The van der Waals surface area contributed by atoms with Gasteiger partial charge in [-0.1, -0.05) is 28.9 Å². The monoisotopic (exact) mass is 340 g/mol. The summed E-state index contributed by atoms with van der Waals surface area (Å²) in [5.41, 5.74) is 7.47. The van der Waals surface area contributed by atoms with Gasteiger partial charge in [0.2, 0.25) is 5.91 Å². The second-order valence-corrected chi connectivity index (χ2v) is 5.58. The number of hydrogen-bond acceptors (Lipinski definition) is 2. The van der Waals surface area contributed by atoms with Crippen LogP contribution in [0.4, 0.5) is 5.69 Å². The first-order valence-corrected chi connectivity index (χ1v) is 7.34. The van der Waals surface area contributed by atoms with Crippen LogP contribution in [-0.2, 0) is 4.79 Å². The number of hydrogen-bond donors (Lipinski definition) is 3. The number of nitrogens with zero attached hydrogens (tertiary/aromatic N) is 1. The Bertz CT molecular complexity index is 502. The number of carbonyl (C=O) groups excluding carboxylic acids is 1. The van der Waals surface area contributed by atoms with E-state index in [1.165, 1.54) is 0 Å². The molecule has 1 aromatic rings. The van der Waals surface area contributed by atoms with E-state index in [4.69, 9.17) is 5.73 Å². The molecule has 1 atom stereocenters. The third-order valence-electron chi connectivity index (χ3n) is 2.87. The summed E-state index contributed by atoms with van der Waals surface area (Å²) < 4.78 is 0.917. The average molecular weight is 341 g/mol. The Kier molecular flexibility index (Phi) is 6.51. The molecule has 1 aromatic carbocycles. The molecule has 1 amide bonds. The van der Waals surface area contributed by atoms with Gasteiger partial charge in [0.05, 0.1) is 0 Å². The maximum atomic E-state index is 11.8. The highest BCUT2D eigenvalue weighted by atomic mass is 79.9. The minimum Gasteiger partial charge on any atom is -0.370 e. The molecule has 0 aliphatic rings. The van der Waals surface area contributed by atoms with Crippen LogP contribution in [0.2, 0.25) is 0 Å². The number of amides is 1. The van der Waals surface area contributed by atoms with Gasteiger partial charge in [0.15, 0.2) is 5.96 Å². The summed E-state index contributed by atoms with van der Waals surface area (Å²) in [5, 5.41) is 5.82. The summed E-state index contributed by atoms with van der Waals surface area (Å²) in [6.45, 7) is 5.99. The van der Waals surface area contributed by atoms with Crippen molar-refractivity contribution in [1.82, 2.24) is 5.32 Å². The predicted octanol–water partition coefficient (Wildman–Crippen LogP) is 2.40. The van der Waals surface area contributed by atoms with Crippen LogP contribution in [0.25, 0.3) is 0 Å². The number of rotatable bonds is 5. The summed E-state index contributed by atoms with van der Waals surface area (Å²) in [6.07, 6.45) is 0.944. The van der Waals surface area contributed by atoms with Crippen LogP contribution in [0, 0.1) is 6.92 Å². The third-order valence-corrected chi connectivity index (χ3v) is 3.37. The Labute approximate surface area is 128 Å². The fourth-order valence-corrected chi connectivity index (χ4v) is 1.84. The van der Waals surface area contributed by atoms with E-state index < -0.39 is 0 Å². The van der Waals surface area contributed by atoms with Crippen molar-refractivity contribution in [1.29, 1.82) is 0 Å². The normalized spacial score (nSPS) is 12.9. The van der Waals surface area contributed by atoms with Gasteiger partial charge >= 0.3 is 0 Å². The van der Waals surface area contributed by atoms with E-state index in [1.54, 1.807) is 0 Å². The second kappa shape index (κ2) is 7.89. The number of aryl methyl sites for hydroxylation is 1. The third kappa shape index (κ3) is 5.61. The van der Waals surface area contributed by atoms with Crippen LogP contribution < -0.4 is 16.4 Å². The zero-order valence-electron chi connectivity index (χ0n) is 12.0. The van der Waals surface area contributed by atoms with Crippen LogP contribution in [0.15, 0.2) is 27.7 Å². The van der Waals surface area contributed by atoms with Crippen molar-refractivity contribution in [2.24, 2.45) is 10.7 Å². The number of benzene rings is 1. The van der Waals surface area contributed by atoms with E-state index in [1.807, 2.05) is 39.0 Å². The van der Waals surface area contributed by atoms with E-state index in [0.717, 1.165) is 22.1 Å². The van der Waals surface area contributed by atoms with Gasteiger partial charge < -0.3 is 16.4 Å². The smallest absolute Gasteiger partial charge is 0.246 e. The fourth-order valence-electron chi connectivity index (χ4n) is 1.48. The van der Waals surface area contributed by atoms with Crippen molar-refractivity contribution in [3.05, 3.63) is 28.2 Å². The van der Waals surface area contributed by atoms with Gasteiger partial charge in [0.25, 0.3) is 0 Å². The molecule has 1 unspecified atom stereocenters. The topological polar surface area (TPSA) is 79.5 Å². The Morgan fingerprint density at radius 1 is 1.50 bits per heavy atom. The van der Waals surface area contributed by atoms with Gasteiger partial charge in [0.1, 0.15) is 6.54 Å². The molecular formula is C14H21BrN4O. The maximum Gasteiger partial charge on any atom is 0.246 e. The molecule has 110 valence electrons. The Hall–Kier alpha value is -1.56.